The molecule has 0 fully saturated rings. The molecule has 0 saturated carbocycles. The molecule has 0 bridgehead atoms. The Morgan fingerprint density at radius 3 is 2.47 bits per heavy atom. The summed E-state index contributed by atoms with van der Waals surface area (Å²) in [5, 5.41) is 5.45. The van der Waals surface area contributed by atoms with E-state index in [1.54, 1.807) is 12.4 Å². The number of carbonyl (C=O) groups is 1. The average Bonchev–Trinajstić information content (AvgIpc) is 2.30. The number of nitrogens with one attached hydrogen (secondary N) is 2. The summed E-state index contributed by atoms with van der Waals surface area (Å²) in [6.45, 7) is 1.92. The minimum Gasteiger partial charge on any atom is -0.308 e. The number of pyridine rings is 1. The summed E-state index contributed by atoms with van der Waals surface area (Å²) in [7, 11) is 0. The fourth-order valence-corrected chi connectivity index (χ4v) is 1.44. The zero-order valence-corrected chi connectivity index (χ0v) is 9.47. The highest BCUT2D eigenvalue weighted by Crippen LogP contribution is 2.09. The Bertz CT molecular complexity index is 511. The molecule has 17 heavy (non-hydrogen) atoms. The number of amides is 2. The maximum Gasteiger partial charge on any atom is 0.323 e. The molecule has 4 heteroatoms. The van der Waals surface area contributed by atoms with E-state index >= 15 is 0 Å². The molecule has 0 unspecified atom stereocenters. The van der Waals surface area contributed by atoms with Crippen LogP contribution >= 0.6 is 0 Å². The molecule has 0 saturated heterocycles. The van der Waals surface area contributed by atoms with Crippen LogP contribution in [-0.2, 0) is 0 Å². The van der Waals surface area contributed by atoms with Gasteiger partial charge in [-0.05, 0) is 30.7 Å². The third-order valence-corrected chi connectivity index (χ3v) is 2.16. The highest BCUT2D eigenvalue weighted by Gasteiger charge is 2.02. The number of anilines is 2. The fraction of sp³-hybridized carbons (Fsp3) is 0.0769. The third-order valence-electron chi connectivity index (χ3n) is 2.16. The first-order chi connectivity index (χ1) is 8.24. The van der Waals surface area contributed by atoms with Crippen LogP contribution < -0.4 is 10.6 Å². The molecule has 1 aromatic carbocycles. The van der Waals surface area contributed by atoms with Gasteiger partial charge in [-0.3, -0.25) is 4.98 Å². The number of urea groups is 1. The van der Waals surface area contributed by atoms with Crippen LogP contribution in [0.4, 0.5) is 16.2 Å². The molecule has 86 valence electrons. The first-order valence-electron chi connectivity index (χ1n) is 5.29. The van der Waals surface area contributed by atoms with E-state index in [9.17, 15) is 4.79 Å². The van der Waals surface area contributed by atoms with Crippen LogP contribution in [0, 0.1) is 6.92 Å². The number of carbonyl (C=O) groups excluding carboxylic acids is 1. The van der Waals surface area contributed by atoms with Crippen LogP contribution in [0.15, 0.2) is 48.8 Å². The minimum atomic E-state index is -0.274. The zero-order chi connectivity index (χ0) is 12.1. The summed E-state index contributed by atoms with van der Waals surface area (Å²) < 4.78 is 0. The van der Waals surface area contributed by atoms with Gasteiger partial charge in [0.2, 0.25) is 0 Å². The Labute approximate surface area is 99.7 Å². The van der Waals surface area contributed by atoms with Gasteiger partial charge in [-0.15, -0.1) is 0 Å². The van der Waals surface area contributed by atoms with E-state index in [0.29, 0.717) is 5.69 Å². The largest absolute Gasteiger partial charge is 0.323 e. The molecule has 4 nitrogen and oxygen atoms in total. The molecule has 0 aliphatic heterocycles. The topological polar surface area (TPSA) is 54.0 Å². The van der Waals surface area contributed by atoms with Gasteiger partial charge in [0.1, 0.15) is 0 Å². The molecule has 2 rings (SSSR count). The van der Waals surface area contributed by atoms with Crippen molar-refractivity contribution in [1.82, 2.24) is 4.98 Å². The van der Waals surface area contributed by atoms with E-state index in [1.165, 1.54) is 0 Å². The SMILES string of the molecule is Cc1cncc(NC(=O)Nc2ccccc2)c1. The van der Waals surface area contributed by atoms with Gasteiger partial charge in [0, 0.05) is 11.9 Å². The lowest BCUT2D eigenvalue weighted by molar-refractivity contribution is 0.262. The molecule has 2 N–H and O–H groups in total. The van der Waals surface area contributed by atoms with Crippen molar-refractivity contribution in [3.8, 4) is 0 Å². The quantitative estimate of drug-likeness (QED) is 0.828. The van der Waals surface area contributed by atoms with Gasteiger partial charge in [0.25, 0.3) is 0 Å². The predicted octanol–water partition coefficient (Wildman–Crippen LogP) is 3.03. The second kappa shape index (κ2) is 5.12. The summed E-state index contributed by atoms with van der Waals surface area (Å²) >= 11 is 0. The molecule has 1 aromatic heterocycles. The van der Waals surface area contributed by atoms with Crippen molar-refractivity contribution < 1.29 is 4.79 Å². The lowest BCUT2D eigenvalue weighted by Crippen LogP contribution is -2.19. The summed E-state index contributed by atoms with van der Waals surface area (Å²) in [4.78, 5) is 15.6. The Balaban J connectivity index is 1.98. The number of hydrogen-bond donors (Lipinski definition) is 2. The second-order valence-corrected chi connectivity index (χ2v) is 3.70. The van der Waals surface area contributed by atoms with Gasteiger partial charge >= 0.3 is 6.03 Å². The zero-order valence-electron chi connectivity index (χ0n) is 9.47. The first-order valence-corrected chi connectivity index (χ1v) is 5.29. The number of aromatic nitrogens is 1. The van der Waals surface area contributed by atoms with Gasteiger partial charge in [0.15, 0.2) is 0 Å². The minimum absolute atomic E-state index is 0.274. The molecule has 0 aliphatic rings. The normalized spacial score (nSPS) is 9.71. The molecule has 0 spiro atoms. The van der Waals surface area contributed by atoms with Crippen LogP contribution in [0.2, 0.25) is 0 Å². The molecule has 0 radical (unpaired) electrons. The standard InChI is InChI=1S/C13H13N3O/c1-10-7-12(9-14-8-10)16-13(17)15-11-5-3-2-4-6-11/h2-9H,1H3,(H2,15,16,17). The van der Waals surface area contributed by atoms with Crippen LogP contribution in [0.1, 0.15) is 5.56 Å². The molecule has 0 aliphatic carbocycles. The maximum absolute atomic E-state index is 11.6. The first kappa shape index (κ1) is 11.1. The molecule has 2 amide bonds. The van der Waals surface area contributed by atoms with Crippen molar-refractivity contribution in [3.05, 3.63) is 54.4 Å². The third kappa shape index (κ3) is 3.31. The summed E-state index contributed by atoms with van der Waals surface area (Å²) in [5.74, 6) is 0. The number of hydrogen-bond acceptors (Lipinski definition) is 2. The predicted molar refractivity (Wildman–Crippen MR) is 68.1 cm³/mol. The monoisotopic (exact) mass is 227 g/mol. The van der Waals surface area contributed by atoms with E-state index in [0.717, 1.165) is 11.3 Å². The lowest BCUT2D eigenvalue weighted by Gasteiger charge is -2.07. The Morgan fingerprint density at radius 2 is 1.76 bits per heavy atom. The second-order valence-electron chi connectivity index (χ2n) is 3.70. The molecule has 0 atom stereocenters. The molecule has 1 heterocycles. The number of para-hydroxylation sites is 1. The van der Waals surface area contributed by atoms with E-state index in [4.69, 9.17) is 0 Å². The van der Waals surface area contributed by atoms with Gasteiger partial charge in [-0.2, -0.15) is 0 Å². The Hall–Kier alpha value is -2.36. The van der Waals surface area contributed by atoms with E-state index < -0.39 is 0 Å². The van der Waals surface area contributed by atoms with Gasteiger partial charge in [0.05, 0.1) is 11.9 Å². The number of aryl methyl sites for hydroxylation is 1. The van der Waals surface area contributed by atoms with Crippen molar-refractivity contribution in [2.45, 2.75) is 6.92 Å². The number of benzene rings is 1. The van der Waals surface area contributed by atoms with Crippen molar-refractivity contribution in [1.29, 1.82) is 0 Å². The highest BCUT2D eigenvalue weighted by atomic mass is 16.2. The van der Waals surface area contributed by atoms with Crippen molar-refractivity contribution >= 4 is 17.4 Å². The van der Waals surface area contributed by atoms with Crippen molar-refractivity contribution in [2.75, 3.05) is 10.6 Å². The van der Waals surface area contributed by atoms with E-state index in [-0.39, 0.29) is 6.03 Å². The molecular formula is C13H13N3O. The maximum atomic E-state index is 11.6. The van der Waals surface area contributed by atoms with E-state index in [2.05, 4.69) is 15.6 Å². The smallest absolute Gasteiger partial charge is 0.308 e. The number of nitrogens with zero attached hydrogens (tertiary/aromatic N) is 1. The molecular weight excluding hydrogens is 214 g/mol. The van der Waals surface area contributed by atoms with Crippen LogP contribution in [-0.4, -0.2) is 11.0 Å². The lowest BCUT2D eigenvalue weighted by atomic mass is 10.3. The van der Waals surface area contributed by atoms with Gasteiger partial charge in [-0.25, -0.2) is 4.79 Å². The number of rotatable bonds is 2. The van der Waals surface area contributed by atoms with Crippen LogP contribution in [0.3, 0.4) is 0 Å². The average molecular weight is 227 g/mol. The van der Waals surface area contributed by atoms with Crippen molar-refractivity contribution in [3.63, 3.8) is 0 Å². The Kier molecular flexibility index (Phi) is 3.35. The van der Waals surface area contributed by atoms with Crippen LogP contribution in [0.5, 0.6) is 0 Å². The summed E-state index contributed by atoms with van der Waals surface area (Å²) in [6, 6.07) is 10.9. The van der Waals surface area contributed by atoms with Crippen LogP contribution in [0.25, 0.3) is 0 Å². The van der Waals surface area contributed by atoms with Gasteiger partial charge in [-0.1, -0.05) is 18.2 Å². The summed E-state index contributed by atoms with van der Waals surface area (Å²) in [6.07, 6.45) is 3.35. The van der Waals surface area contributed by atoms with Crippen molar-refractivity contribution in [2.24, 2.45) is 0 Å². The molecule has 2 aromatic rings. The Morgan fingerprint density at radius 1 is 1.06 bits per heavy atom. The highest BCUT2D eigenvalue weighted by molar-refractivity contribution is 5.99. The fourth-order valence-electron chi connectivity index (χ4n) is 1.44. The van der Waals surface area contributed by atoms with Gasteiger partial charge < -0.3 is 10.6 Å². The van der Waals surface area contributed by atoms with E-state index in [1.807, 2.05) is 43.3 Å². The summed E-state index contributed by atoms with van der Waals surface area (Å²) in [5.41, 5.74) is 2.44.